The lowest BCUT2D eigenvalue weighted by atomic mass is 10.0. The van der Waals surface area contributed by atoms with Crippen LogP contribution in [0, 0.1) is 0 Å². The topological polar surface area (TPSA) is 78.3 Å². The summed E-state index contributed by atoms with van der Waals surface area (Å²) >= 11 is 1.63. The fourth-order valence-corrected chi connectivity index (χ4v) is 2.33. The van der Waals surface area contributed by atoms with Crippen molar-refractivity contribution in [3.63, 3.8) is 0 Å². The highest BCUT2D eigenvalue weighted by atomic mass is 32.2. The van der Waals surface area contributed by atoms with E-state index in [-0.39, 0.29) is 0 Å². The average Bonchev–Trinajstić information content (AvgIpc) is 2.29. The van der Waals surface area contributed by atoms with Gasteiger partial charge in [0.1, 0.15) is 5.75 Å². The number of thioether (sulfide) groups is 1. The quantitative estimate of drug-likeness (QED) is 0.752. The lowest BCUT2D eigenvalue weighted by Crippen LogP contribution is -2.49. The Labute approximate surface area is 106 Å². The van der Waals surface area contributed by atoms with Gasteiger partial charge in [-0.05, 0) is 31.5 Å². The molecule has 1 aromatic carbocycles. The van der Waals surface area contributed by atoms with Crippen LogP contribution in [0.25, 0.3) is 0 Å². The molecule has 1 rings (SSSR count). The van der Waals surface area contributed by atoms with Crippen LogP contribution in [0.3, 0.4) is 0 Å². The molecule has 4 N–H and O–H groups in total. The minimum atomic E-state index is -0.939. The van der Waals surface area contributed by atoms with E-state index in [0.29, 0.717) is 6.42 Å². The molecule has 94 valence electrons. The molecule has 1 unspecified atom stereocenters. The van der Waals surface area contributed by atoms with E-state index in [2.05, 4.69) is 0 Å². The Kier molecular flexibility index (Phi) is 4.84. The van der Waals surface area contributed by atoms with Gasteiger partial charge >= 0.3 is 0 Å². The van der Waals surface area contributed by atoms with E-state index in [0.717, 1.165) is 16.4 Å². The van der Waals surface area contributed by atoms with Gasteiger partial charge in [0, 0.05) is 10.6 Å². The molecule has 0 saturated carbocycles. The molecule has 0 spiro atoms. The van der Waals surface area contributed by atoms with Gasteiger partial charge in [-0.15, -0.1) is 11.8 Å². The molecule has 0 aliphatic carbocycles. The van der Waals surface area contributed by atoms with Crippen molar-refractivity contribution >= 4 is 17.7 Å². The normalized spacial score (nSPS) is 14.1. The lowest BCUT2D eigenvalue weighted by Gasteiger charge is -2.19. The summed E-state index contributed by atoms with van der Waals surface area (Å²) in [6, 6.07) is 7.76. The Morgan fingerprint density at radius 3 is 2.82 bits per heavy atom. The second-order valence-corrected chi connectivity index (χ2v) is 5.23. The van der Waals surface area contributed by atoms with Crippen molar-refractivity contribution in [1.29, 1.82) is 0 Å². The van der Waals surface area contributed by atoms with Crippen molar-refractivity contribution in [2.45, 2.75) is 23.8 Å². The van der Waals surface area contributed by atoms with Crippen LogP contribution in [0.2, 0.25) is 0 Å². The molecular formula is C12H18N2O2S. The Morgan fingerprint density at radius 2 is 2.24 bits per heavy atom. The largest absolute Gasteiger partial charge is 0.497 e. The maximum absolute atomic E-state index is 11.0. The third-order valence-electron chi connectivity index (χ3n) is 2.49. The van der Waals surface area contributed by atoms with Crippen LogP contribution in [-0.4, -0.2) is 24.3 Å². The highest BCUT2D eigenvalue weighted by Gasteiger charge is 2.24. The minimum absolute atomic E-state index is 0.469. The summed E-state index contributed by atoms with van der Waals surface area (Å²) in [5, 5.41) is 0. The third-order valence-corrected chi connectivity index (χ3v) is 3.49. The van der Waals surface area contributed by atoms with Gasteiger partial charge in [-0.2, -0.15) is 0 Å². The fraction of sp³-hybridized carbons (Fsp3) is 0.417. The third kappa shape index (κ3) is 4.28. The highest BCUT2D eigenvalue weighted by Crippen LogP contribution is 2.24. The molecule has 4 nitrogen and oxygen atoms in total. The first-order valence-corrected chi connectivity index (χ1v) is 6.30. The summed E-state index contributed by atoms with van der Waals surface area (Å²) in [5.41, 5.74) is 10.0. The van der Waals surface area contributed by atoms with Crippen LogP contribution in [0.1, 0.15) is 13.3 Å². The molecule has 0 heterocycles. The van der Waals surface area contributed by atoms with Gasteiger partial charge in [0.2, 0.25) is 5.91 Å². The maximum Gasteiger partial charge on any atom is 0.237 e. The Bertz CT molecular complexity index is 394. The summed E-state index contributed by atoms with van der Waals surface area (Å²) < 4.78 is 5.13. The molecule has 17 heavy (non-hydrogen) atoms. The number of methoxy groups -OCH3 is 1. The van der Waals surface area contributed by atoms with Gasteiger partial charge in [0.25, 0.3) is 0 Å². The smallest absolute Gasteiger partial charge is 0.237 e. The summed E-state index contributed by atoms with van der Waals surface area (Å²) in [5.74, 6) is 1.09. The van der Waals surface area contributed by atoms with Crippen LogP contribution < -0.4 is 16.2 Å². The summed E-state index contributed by atoms with van der Waals surface area (Å²) in [6.07, 6.45) is 0.546. The number of carbonyl (C=O) groups excluding carboxylic acids is 1. The zero-order chi connectivity index (χ0) is 12.9. The molecule has 1 atom stereocenters. The average molecular weight is 254 g/mol. The number of rotatable bonds is 6. The molecule has 0 bridgehead atoms. The van der Waals surface area contributed by atoms with Crippen molar-refractivity contribution in [2.75, 3.05) is 12.9 Å². The number of primary amides is 1. The van der Waals surface area contributed by atoms with Gasteiger partial charge in [-0.3, -0.25) is 4.79 Å². The maximum atomic E-state index is 11.0. The Balaban J connectivity index is 2.48. The van der Waals surface area contributed by atoms with Crippen molar-refractivity contribution < 1.29 is 9.53 Å². The van der Waals surface area contributed by atoms with Crippen LogP contribution in [0.15, 0.2) is 29.2 Å². The fourth-order valence-electron chi connectivity index (χ4n) is 1.20. The lowest BCUT2D eigenvalue weighted by molar-refractivity contribution is -0.122. The molecule has 0 aromatic heterocycles. The molecule has 0 aliphatic heterocycles. The standard InChI is InChI=1S/C12H18N2O2S/c1-12(14,11(13)15)6-7-17-10-5-3-4-9(8-10)16-2/h3-5,8H,6-7,14H2,1-2H3,(H2,13,15). The van der Waals surface area contributed by atoms with Gasteiger partial charge in [-0.25, -0.2) is 0 Å². The van der Waals surface area contributed by atoms with Crippen molar-refractivity contribution in [3.05, 3.63) is 24.3 Å². The van der Waals surface area contributed by atoms with E-state index in [9.17, 15) is 4.79 Å². The van der Waals surface area contributed by atoms with Gasteiger partial charge in [0.05, 0.1) is 12.6 Å². The molecular weight excluding hydrogens is 236 g/mol. The van der Waals surface area contributed by atoms with Crippen LogP contribution >= 0.6 is 11.8 Å². The van der Waals surface area contributed by atoms with Crippen molar-refractivity contribution in [1.82, 2.24) is 0 Å². The molecule has 0 aliphatic rings. The number of benzene rings is 1. The first-order chi connectivity index (χ1) is 7.95. The zero-order valence-electron chi connectivity index (χ0n) is 10.1. The van der Waals surface area contributed by atoms with E-state index < -0.39 is 11.4 Å². The molecule has 5 heteroatoms. The molecule has 1 amide bonds. The first kappa shape index (κ1) is 13.9. The second kappa shape index (κ2) is 5.93. The first-order valence-electron chi connectivity index (χ1n) is 5.31. The number of ether oxygens (including phenoxy) is 1. The SMILES string of the molecule is COc1cccc(SCCC(C)(N)C(N)=O)c1. The molecule has 1 aromatic rings. The number of hydrogen-bond acceptors (Lipinski definition) is 4. The van der Waals surface area contributed by atoms with Crippen LogP contribution in [0.4, 0.5) is 0 Å². The molecule has 0 radical (unpaired) electrons. The predicted molar refractivity (Wildman–Crippen MR) is 70.1 cm³/mol. The van der Waals surface area contributed by atoms with E-state index >= 15 is 0 Å². The monoisotopic (exact) mass is 254 g/mol. The van der Waals surface area contributed by atoms with E-state index in [1.165, 1.54) is 0 Å². The van der Waals surface area contributed by atoms with Crippen LogP contribution in [-0.2, 0) is 4.79 Å². The van der Waals surface area contributed by atoms with Crippen molar-refractivity contribution in [2.24, 2.45) is 11.5 Å². The van der Waals surface area contributed by atoms with E-state index in [1.807, 2.05) is 24.3 Å². The molecule has 0 fully saturated rings. The zero-order valence-corrected chi connectivity index (χ0v) is 10.9. The summed E-state index contributed by atoms with van der Waals surface area (Å²) in [4.78, 5) is 12.1. The van der Waals surface area contributed by atoms with E-state index in [1.54, 1.807) is 25.8 Å². The minimum Gasteiger partial charge on any atom is -0.497 e. The Hall–Kier alpha value is -1.20. The molecule has 0 saturated heterocycles. The Morgan fingerprint density at radius 1 is 1.53 bits per heavy atom. The van der Waals surface area contributed by atoms with Gasteiger partial charge in [0.15, 0.2) is 0 Å². The number of hydrogen-bond donors (Lipinski definition) is 2. The number of carbonyl (C=O) groups is 1. The summed E-state index contributed by atoms with van der Waals surface area (Å²) in [6.45, 7) is 1.65. The van der Waals surface area contributed by atoms with Crippen LogP contribution in [0.5, 0.6) is 5.75 Å². The van der Waals surface area contributed by atoms with Crippen molar-refractivity contribution in [3.8, 4) is 5.75 Å². The second-order valence-electron chi connectivity index (χ2n) is 4.06. The highest BCUT2D eigenvalue weighted by molar-refractivity contribution is 7.99. The predicted octanol–water partition coefficient (Wildman–Crippen LogP) is 1.38. The number of nitrogens with two attached hydrogens (primary N) is 2. The van der Waals surface area contributed by atoms with Gasteiger partial charge < -0.3 is 16.2 Å². The van der Waals surface area contributed by atoms with E-state index in [4.69, 9.17) is 16.2 Å². The number of amides is 1. The van der Waals surface area contributed by atoms with Gasteiger partial charge in [-0.1, -0.05) is 6.07 Å². The summed E-state index contributed by atoms with van der Waals surface area (Å²) in [7, 11) is 1.63.